The number of hydrogen-bond acceptors (Lipinski definition) is 5. The number of amides is 1. The molecule has 0 bridgehead atoms. The van der Waals surface area contributed by atoms with Crippen LogP contribution in [0, 0.1) is 17.0 Å². The smallest absolute Gasteiger partial charge is 0.390 e. The molecule has 0 aliphatic rings. The first kappa shape index (κ1) is 14.5. The van der Waals surface area contributed by atoms with E-state index in [2.05, 4.69) is 10.4 Å². The lowest BCUT2D eigenvalue weighted by Crippen LogP contribution is -2.15. The molecular weight excluding hydrogens is 276 g/mol. The fraction of sp³-hybridized carbons (Fsp3) is 0.231. The summed E-state index contributed by atoms with van der Waals surface area (Å²) in [5, 5.41) is 26.3. The molecule has 0 atom stereocenters. The zero-order chi connectivity index (χ0) is 15.4. The number of carbonyl (C=O) groups excluding carboxylic acids is 1. The molecule has 8 heteroatoms. The van der Waals surface area contributed by atoms with Crippen LogP contribution in [0.4, 0.5) is 11.5 Å². The molecule has 1 aromatic heterocycles. The minimum atomic E-state index is -0.573. The molecule has 2 aromatic rings. The molecule has 2 rings (SSSR count). The lowest BCUT2D eigenvalue weighted by molar-refractivity contribution is -0.389. The number of nitrogens with one attached hydrogen (secondary N) is 1. The van der Waals surface area contributed by atoms with Gasteiger partial charge in [0.15, 0.2) is 0 Å². The Bertz CT molecular complexity index is 681. The standard InChI is InChI=1S/C13H14N4O4/c1-9-7-12(17(20)21)15-16(9)6-5-13(19)14-10-3-2-4-11(18)8-10/h2-4,7-8,18H,5-6H2,1H3,(H,14,19). The van der Waals surface area contributed by atoms with Crippen LogP contribution in [0.3, 0.4) is 0 Å². The normalized spacial score (nSPS) is 10.3. The summed E-state index contributed by atoms with van der Waals surface area (Å²) in [5.74, 6) is -0.439. The second-order valence-corrected chi connectivity index (χ2v) is 4.47. The molecule has 21 heavy (non-hydrogen) atoms. The number of aromatic hydroxyl groups is 1. The van der Waals surface area contributed by atoms with E-state index in [9.17, 15) is 20.0 Å². The van der Waals surface area contributed by atoms with E-state index in [4.69, 9.17) is 0 Å². The molecule has 0 spiro atoms. The fourth-order valence-electron chi connectivity index (χ4n) is 1.82. The van der Waals surface area contributed by atoms with Crippen LogP contribution in [0.5, 0.6) is 5.75 Å². The lowest BCUT2D eigenvalue weighted by Gasteiger charge is -2.05. The number of aromatic nitrogens is 2. The van der Waals surface area contributed by atoms with Gasteiger partial charge in [0.05, 0.1) is 23.4 Å². The van der Waals surface area contributed by atoms with Crippen LogP contribution in [-0.2, 0) is 11.3 Å². The van der Waals surface area contributed by atoms with E-state index in [-0.39, 0.29) is 30.4 Å². The van der Waals surface area contributed by atoms with Crippen molar-refractivity contribution in [3.63, 3.8) is 0 Å². The topological polar surface area (TPSA) is 110 Å². The van der Waals surface area contributed by atoms with Crippen molar-refractivity contribution in [2.75, 3.05) is 5.32 Å². The van der Waals surface area contributed by atoms with Gasteiger partial charge in [-0.1, -0.05) is 6.07 Å². The average Bonchev–Trinajstić information content (AvgIpc) is 2.78. The zero-order valence-corrected chi connectivity index (χ0v) is 11.3. The van der Waals surface area contributed by atoms with Gasteiger partial charge in [-0.25, -0.2) is 0 Å². The van der Waals surface area contributed by atoms with Gasteiger partial charge in [-0.05, 0) is 24.0 Å². The summed E-state index contributed by atoms with van der Waals surface area (Å²) in [6.45, 7) is 1.93. The van der Waals surface area contributed by atoms with Gasteiger partial charge in [0, 0.05) is 18.2 Å². The van der Waals surface area contributed by atoms with Crippen LogP contribution in [0.1, 0.15) is 12.1 Å². The second kappa shape index (κ2) is 6.04. The fourth-order valence-corrected chi connectivity index (χ4v) is 1.82. The maximum atomic E-state index is 11.8. The first-order valence-electron chi connectivity index (χ1n) is 6.23. The molecule has 110 valence electrons. The van der Waals surface area contributed by atoms with Crippen LogP contribution in [0.15, 0.2) is 30.3 Å². The van der Waals surface area contributed by atoms with Crippen molar-refractivity contribution in [3.8, 4) is 5.75 Å². The molecule has 2 N–H and O–H groups in total. The van der Waals surface area contributed by atoms with Crippen LogP contribution < -0.4 is 5.32 Å². The SMILES string of the molecule is Cc1cc([N+](=O)[O-])nn1CCC(=O)Nc1cccc(O)c1. The maximum Gasteiger partial charge on any atom is 0.390 e. The number of hydrogen-bond donors (Lipinski definition) is 2. The van der Waals surface area contributed by atoms with Gasteiger partial charge in [-0.2, -0.15) is 4.68 Å². The van der Waals surface area contributed by atoms with E-state index in [1.165, 1.54) is 22.9 Å². The largest absolute Gasteiger partial charge is 0.508 e. The predicted octanol–water partition coefficient (Wildman–Crippen LogP) is 1.83. The Kier molecular flexibility index (Phi) is 4.17. The third kappa shape index (κ3) is 3.78. The van der Waals surface area contributed by atoms with Gasteiger partial charge < -0.3 is 20.5 Å². The Labute approximate surface area is 120 Å². The van der Waals surface area contributed by atoms with E-state index >= 15 is 0 Å². The van der Waals surface area contributed by atoms with Gasteiger partial charge in [-0.3, -0.25) is 4.79 Å². The molecule has 0 aliphatic heterocycles. The summed E-state index contributed by atoms with van der Waals surface area (Å²) in [7, 11) is 0. The zero-order valence-electron chi connectivity index (χ0n) is 11.3. The van der Waals surface area contributed by atoms with E-state index in [1.807, 2.05) is 0 Å². The third-order valence-electron chi connectivity index (χ3n) is 2.84. The first-order valence-corrected chi connectivity index (χ1v) is 6.23. The number of phenols is 1. The monoisotopic (exact) mass is 290 g/mol. The predicted molar refractivity (Wildman–Crippen MR) is 75.0 cm³/mol. The molecule has 0 radical (unpaired) electrons. The van der Waals surface area contributed by atoms with Crippen molar-refractivity contribution >= 4 is 17.4 Å². The van der Waals surface area contributed by atoms with E-state index in [1.54, 1.807) is 19.1 Å². The average molecular weight is 290 g/mol. The summed E-state index contributed by atoms with van der Waals surface area (Å²) in [6.07, 6.45) is 0.120. The summed E-state index contributed by atoms with van der Waals surface area (Å²) < 4.78 is 1.42. The Morgan fingerprint density at radius 1 is 1.48 bits per heavy atom. The van der Waals surface area contributed by atoms with Crippen LogP contribution in [-0.4, -0.2) is 25.7 Å². The Morgan fingerprint density at radius 2 is 2.24 bits per heavy atom. The Balaban J connectivity index is 1.93. The van der Waals surface area contributed by atoms with E-state index in [0.29, 0.717) is 11.4 Å². The number of rotatable bonds is 5. The highest BCUT2D eigenvalue weighted by Gasteiger charge is 2.15. The van der Waals surface area contributed by atoms with Crippen molar-refractivity contribution in [1.29, 1.82) is 0 Å². The van der Waals surface area contributed by atoms with Crippen LogP contribution in [0.2, 0.25) is 0 Å². The van der Waals surface area contributed by atoms with E-state index in [0.717, 1.165) is 0 Å². The van der Waals surface area contributed by atoms with E-state index < -0.39 is 4.92 Å². The van der Waals surface area contributed by atoms with Crippen molar-refractivity contribution in [1.82, 2.24) is 9.78 Å². The second-order valence-electron chi connectivity index (χ2n) is 4.47. The molecule has 0 unspecified atom stereocenters. The minimum absolute atomic E-state index is 0.0614. The minimum Gasteiger partial charge on any atom is -0.508 e. The van der Waals surface area contributed by atoms with Crippen molar-refractivity contribution in [2.45, 2.75) is 19.9 Å². The van der Waals surface area contributed by atoms with Crippen molar-refractivity contribution < 1.29 is 14.8 Å². The number of carbonyl (C=O) groups is 1. The van der Waals surface area contributed by atoms with Gasteiger partial charge >= 0.3 is 5.82 Å². The van der Waals surface area contributed by atoms with Gasteiger partial charge in [0.1, 0.15) is 5.75 Å². The summed E-state index contributed by atoms with van der Waals surface area (Å²) in [5.41, 5.74) is 1.11. The maximum absolute atomic E-state index is 11.8. The highest BCUT2D eigenvalue weighted by atomic mass is 16.6. The molecule has 0 saturated carbocycles. The molecule has 0 aliphatic carbocycles. The van der Waals surface area contributed by atoms with Crippen LogP contribution in [0.25, 0.3) is 0 Å². The lowest BCUT2D eigenvalue weighted by atomic mass is 10.3. The van der Waals surface area contributed by atoms with Crippen LogP contribution >= 0.6 is 0 Å². The Morgan fingerprint density at radius 3 is 2.86 bits per heavy atom. The third-order valence-corrected chi connectivity index (χ3v) is 2.84. The summed E-state index contributed by atoms with van der Waals surface area (Å²) in [6, 6.07) is 7.56. The molecular formula is C13H14N4O4. The molecule has 8 nitrogen and oxygen atoms in total. The molecule has 0 fully saturated rings. The van der Waals surface area contributed by atoms with Crippen molar-refractivity contribution in [3.05, 3.63) is 46.1 Å². The molecule has 0 saturated heterocycles. The highest BCUT2D eigenvalue weighted by Crippen LogP contribution is 2.16. The number of benzene rings is 1. The number of nitrogens with zero attached hydrogens (tertiary/aromatic N) is 3. The number of nitro groups is 1. The number of aryl methyl sites for hydroxylation is 2. The summed E-state index contributed by atoms with van der Waals surface area (Å²) in [4.78, 5) is 21.8. The molecule has 1 aromatic carbocycles. The van der Waals surface area contributed by atoms with Gasteiger partial charge in [0.25, 0.3) is 0 Å². The van der Waals surface area contributed by atoms with Crippen molar-refractivity contribution in [2.24, 2.45) is 0 Å². The molecule has 1 amide bonds. The number of phenolic OH excluding ortho intramolecular Hbond substituents is 1. The Hall–Kier alpha value is -2.90. The van der Waals surface area contributed by atoms with Gasteiger partial charge in [0.2, 0.25) is 5.91 Å². The quantitative estimate of drug-likeness (QED) is 0.644. The van der Waals surface area contributed by atoms with Gasteiger partial charge in [-0.15, -0.1) is 0 Å². The molecule has 1 heterocycles. The highest BCUT2D eigenvalue weighted by molar-refractivity contribution is 5.90. The first-order chi connectivity index (χ1) is 9.95. The summed E-state index contributed by atoms with van der Waals surface area (Å²) >= 11 is 0. The number of anilines is 1.